The number of hydrogen-bond donors (Lipinski definition) is 3. The van der Waals surface area contributed by atoms with E-state index in [1.54, 1.807) is 20.8 Å². The van der Waals surface area contributed by atoms with Crippen LogP contribution < -0.4 is 5.32 Å². The van der Waals surface area contributed by atoms with Crippen LogP contribution in [0.4, 0.5) is 0 Å². The molecule has 0 aromatic rings. The second-order valence-electron chi connectivity index (χ2n) is 6.17. The van der Waals surface area contributed by atoms with E-state index >= 15 is 0 Å². The van der Waals surface area contributed by atoms with Crippen molar-refractivity contribution in [2.75, 3.05) is 13.2 Å². The molecule has 3 N–H and O–H groups in total. The second kappa shape index (κ2) is 5.33. The zero-order chi connectivity index (χ0) is 13.9. The van der Waals surface area contributed by atoms with Gasteiger partial charge in [-0.05, 0) is 41.5 Å². The van der Waals surface area contributed by atoms with Crippen molar-refractivity contribution in [2.24, 2.45) is 0 Å². The number of aliphatic hydroxyl groups excluding tert-OH is 1. The molecule has 17 heavy (non-hydrogen) atoms. The Morgan fingerprint density at radius 2 is 1.65 bits per heavy atom. The summed E-state index contributed by atoms with van der Waals surface area (Å²) in [6, 6.07) is 0. The highest BCUT2D eigenvalue weighted by Gasteiger charge is 2.36. The maximum Gasteiger partial charge on any atom is 0.323 e. The minimum absolute atomic E-state index is 0.195. The first kappa shape index (κ1) is 16.4. The van der Waals surface area contributed by atoms with Gasteiger partial charge in [-0.2, -0.15) is 0 Å². The summed E-state index contributed by atoms with van der Waals surface area (Å²) in [7, 11) is 0. The van der Waals surface area contributed by atoms with Crippen molar-refractivity contribution in [3.8, 4) is 0 Å². The van der Waals surface area contributed by atoms with Crippen molar-refractivity contribution >= 4 is 5.97 Å². The Kier molecular flexibility index (Phi) is 5.13. The third-order valence-corrected chi connectivity index (χ3v) is 2.32. The standard InChI is InChI=1S/C12H25NO4/c1-10(2,3)17-8-12(6,7-14)13-11(4,5)9(15)16/h13-14H,7-8H2,1-6H3,(H,15,16). The van der Waals surface area contributed by atoms with Crippen molar-refractivity contribution in [3.63, 3.8) is 0 Å². The molecule has 5 heteroatoms. The molecule has 0 radical (unpaired) electrons. The summed E-state index contributed by atoms with van der Waals surface area (Å²) in [4.78, 5) is 11.0. The molecule has 0 heterocycles. The third-order valence-electron chi connectivity index (χ3n) is 2.32. The van der Waals surface area contributed by atoms with Crippen LogP contribution in [0.25, 0.3) is 0 Å². The second-order valence-corrected chi connectivity index (χ2v) is 6.17. The summed E-state index contributed by atoms with van der Waals surface area (Å²) in [5.41, 5.74) is -2.22. The molecule has 0 aliphatic heterocycles. The molecule has 5 nitrogen and oxygen atoms in total. The molecular formula is C12H25NO4. The lowest BCUT2D eigenvalue weighted by molar-refractivity contribution is -0.145. The first-order chi connectivity index (χ1) is 7.42. The molecule has 1 atom stereocenters. The van der Waals surface area contributed by atoms with E-state index in [0.29, 0.717) is 0 Å². The number of aliphatic hydroxyl groups is 1. The molecule has 0 saturated carbocycles. The molecule has 0 aromatic carbocycles. The average Bonchev–Trinajstić information content (AvgIpc) is 2.13. The zero-order valence-electron chi connectivity index (χ0n) is 11.6. The first-order valence-electron chi connectivity index (χ1n) is 5.69. The van der Waals surface area contributed by atoms with Gasteiger partial charge in [0.1, 0.15) is 5.54 Å². The number of hydrogen-bond acceptors (Lipinski definition) is 4. The Labute approximate surface area is 103 Å². The van der Waals surface area contributed by atoms with Gasteiger partial charge in [0.25, 0.3) is 0 Å². The fourth-order valence-corrected chi connectivity index (χ4v) is 1.30. The van der Waals surface area contributed by atoms with E-state index in [2.05, 4.69) is 5.32 Å². The Bertz CT molecular complexity index is 270. The number of ether oxygens (including phenoxy) is 1. The van der Waals surface area contributed by atoms with Crippen LogP contribution in [0.15, 0.2) is 0 Å². The van der Waals surface area contributed by atoms with Crippen molar-refractivity contribution in [2.45, 2.75) is 58.2 Å². The summed E-state index contributed by atoms with van der Waals surface area (Å²) in [6.07, 6.45) is 0. The van der Waals surface area contributed by atoms with Gasteiger partial charge in [0.05, 0.1) is 24.4 Å². The number of carbonyl (C=O) groups is 1. The third kappa shape index (κ3) is 6.00. The molecular weight excluding hydrogens is 222 g/mol. The molecule has 0 fully saturated rings. The molecule has 0 amide bonds. The maximum atomic E-state index is 11.0. The highest BCUT2D eigenvalue weighted by atomic mass is 16.5. The van der Waals surface area contributed by atoms with Crippen LogP contribution in [0.1, 0.15) is 41.5 Å². The molecule has 1 unspecified atom stereocenters. The van der Waals surface area contributed by atoms with Gasteiger partial charge >= 0.3 is 5.97 Å². The van der Waals surface area contributed by atoms with E-state index in [1.165, 1.54) is 0 Å². The lowest BCUT2D eigenvalue weighted by atomic mass is 9.97. The molecule has 102 valence electrons. The number of rotatable bonds is 6. The quantitative estimate of drug-likeness (QED) is 0.652. The molecule has 0 aliphatic carbocycles. The summed E-state index contributed by atoms with van der Waals surface area (Å²) in [5, 5.41) is 21.4. The molecule has 0 spiro atoms. The van der Waals surface area contributed by atoms with Crippen LogP contribution in [-0.2, 0) is 9.53 Å². The van der Waals surface area contributed by atoms with E-state index in [4.69, 9.17) is 9.84 Å². The summed E-state index contributed by atoms with van der Waals surface area (Å²) in [5.74, 6) is -0.965. The molecule has 0 bridgehead atoms. The van der Waals surface area contributed by atoms with E-state index < -0.39 is 17.0 Å². The van der Waals surface area contributed by atoms with Gasteiger partial charge in [0.15, 0.2) is 0 Å². The number of nitrogens with one attached hydrogen (secondary N) is 1. The van der Waals surface area contributed by atoms with Crippen LogP contribution in [0.5, 0.6) is 0 Å². The Morgan fingerprint density at radius 3 is 1.94 bits per heavy atom. The van der Waals surface area contributed by atoms with Gasteiger partial charge in [0.2, 0.25) is 0 Å². The minimum Gasteiger partial charge on any atom is -0.480 e. The monoisotopic (exact) mass is 247 g/mol. The van der Waals surface area contributed by atoms with Gasteiger partial charge in [-0.15, -0.1) is 0 Å². The normalized spacial score (nSPS) is 16.6. The smallest absolute Gasteiger partial charge is 0.323 e. The maximum absolute atomic E-state index is 11.0. The lowest BCUT2D eigenvalue weighted by Gasteiger charge is -2.37. The fraction of sp³-hybridized carbons (Fsp3) is 0.917. The van der Waals surface area contributed by atoms with Gasteiger partial charge < -0.3 is 14.9 Å². The SMILES string of the molecule is CC(CO)(COC(C)(C)C)NC(C)(C)C(=O)O. The Hall–Kier alpha value is -0.650. The van der Waals surface area contributed by atoms with Crippen LogP contribution in [-0.4, -0.2) is 46.1 Å². The largest absolute Gasteiger partial charge is 0.480 e. The fourth-order valence-electron chi connectivity index (χ4n) is 1.30. The summed E-state index contributed by atoms with van der Waals surface area (Å²) >= 11 is 0. The predicted octanol–water partition coefficient (Wildman–Crippen LogP) is 1.01. The van der Waals surface area contributed by atoms with Crippen LogP contribution in [0.2, 0.25) is 0 Å². The van der Waals surface area contributed by atoms with Crippen molar-refractivity contribution in [1.82, 2.24) is 5.32 Å². The average molecular weight is 247 g/mol. The van der Waals surface area contributed by atoms with Crippen LogP contribution in [0.3, 0.4) is 0 Å². The van der Waals surface area contributed by atoms with Gasteiger partial charge in [-0.3, -0.25) is 10.1 Å². The topological polar surface area (TPSA) is 78.8 Å². The molecule has 0 saturated heterocycles. The van der Waals surface area contributed by atoms with E-state index in [-0.39, 0.29) is 18.8 Å². The summed E-state index contributed by atoms with van der Waals surface area (Å²) in [6.45, 7) is 10.6. The molecule has 0 aromatic heterocycles. The summed E-state index contributed by atoms with van der Waals surface area (Å²) < 4.78 is 5.60. The van der Waals surface area contributed by atoms with E-state index in [0.717, 1.165) is 0 Å². The highest BCUT2D eigenvalue weighted by Crippen LogP contribution is 2.16. The van der Waals surface area contributed by atoms with E-state index in [1.807, 2.05) is 20.8 Å². The van der Waals surface area contributed by atoms with Gasteiger partial charge in [-0.25, -0.2) is 0 Å². The van der Waals surface area contributed by atoms with Gasteiger partial charge in [0, 0.05) is 0 Å². The predicted molar refractivity (Wildman–Crippen MR) is 66.0 cm³/mol. The minimum atomic E-state index is -1.11. The molecule has 0 rings (SSSR count). The lowest BCUT2D eigenvalue weighted by Crippen LogP contribution is -2.61. The number of aliphatic carboxylic acids is 1. The molecule has 0 aliphatic rings. The van der Waals surface area contributed by atoms with Crippen molar-refractivity contribution in [3.05, 3.63) is 0 Å². The van der Waals surface area contributed by atoms with E-state index in [9.17, 15) is 9.90 Å². The Morgan fingerprint density at radius 1 is 1.18 bits per heavy atom. The number of carboxylic acids is 1. The number of carboxylic acid groups (broad SMARTS) is 1. The van der Waals surface area contributed by atoms with Crippen LogP contribution in [0, 0.1) is 0 Å². The highest BCUT2D eigenvalue weighted by molar-refractivity contribution is 5.77. The first-order valence-corrected chi connectivity index (χ1v) is 5.69. The van der Waals surface area contributed by atoms with Gasteiger partial charge in [-0.1, -0.05) is 0 Å². The van der Waals surface area contributed by atoms with Crippen LogP contribution >= 0.6 is 0 Å². The van der Waals surface area contributed by atoms with Crippen molar-refractivity contribution in [1.29, 1.82) is 0 Å². The zero-order valence-corrected chi connectivity index (χ0v) is 11.6. The van der Waals surface area contributed by atoms with Crippen molar-refractivity contribution < 1.29 is 19.7 Å². The Balaban J connectivity index is 4.64.